The van der Waals surface area contributed by atoms with Gasteiger partial charge in [-0.05, 0) is 44.2 Å². The first-order chi connectivity index (χ1) is 15.0. The van der Waals surface area contributed by atoms with Crippen LogP contribution in [-0.2, 0) is 4.79 Å². The summed E-state index contributed by atoms with van der Waals surface area (Å²) in [6.45, 7) is 5.86. The third-order valence-electron chi connectivity index (χ3n) is 6.05. The van der Waals surface area contributed by atoms with E-state index >= 15 is 0 Å². The molecule has 1 fully saturated rings. The summed E-state index contributed by atoms with van der Waals surface area (Å²) in [7, 11) is 0. The molecule has 0 bridgehead atoms. The number of amides is 1. The molecular weight excluding hydrogens is 412 g/mol. The van der Waals surface area contributed by atoms with Gasteiger partial charge in [0.1, 0.15) is 11.6 Å². The SMILES string of the molecule is CC[C@@H](C)c1nc(NC2CCC(NC(C)=O)CC2)c2cnn(-c3ccccc3Cl)c2n1. The molecule has 1 atom stereocenters. The van der Waals surface area contributed by atoms with Crippen molar-refractivity contribution in [2.24, 2.45) is 0 Å². The summed E-state index contributed by atoms with van der Waals surface area (Å²) in [6.07, 6.45) is 6.64. The van der Waals surface area contributed by atoms with Crippen molar-refractivity contribution < 1.29 is 4.79 Å². The number of fused-ring (bicyclic) bond motifs is 1. The van der Waals surface area contributed by atoms with Gasteiger partial charge >= 0.3 is 0 Å². The molecule has 8 heteroatoms. The summed E-state index contributed by atoms with van der Waals surface area (Å²) < 4.78 is 1.80. The predicted octanol–water partition coefficient (Wildman–Crippen LogP) is 4.84. The van der Waals surface area contributed by atoms with Gasteiger partial charge in [0.15, 0.2) is 5.65 Å². The smallest absolute Gasteiger partial charge is 0.217 e. The number of halogens is 1. The van der Waals surface area contributed by atoms with Crippen molar-refractivity contribution in [1.82, 2.24) is 25.1 Å². The molecule has 4 rings (SSSR count). The number of carbonyl (C=O) groups is 1. The highest BCUT2D eigenvalue weighted by molar-refractivity contribution is 6.32. The van der Waals surface area contributed by atoms with E-state index in [-0.39, 0.29) is 17.9 Å². The van der Waals surface area contributed by atoms with Gasteiger partial charge in [-0.25, -0.2) is 14.6 Å². The monoisotopic (exact) mass is 440 g/mol. The van der Waals surface area contributed by atoms with Crippen molar-refractivity contribution in [2.75, 3.05) is 5.32 Å². The standard InChI is InChI=1S/C23H29ClN6O/c1-4-14(2)21-28-22(27-17-11-9-16(10-12-17)26-15(3)31)18-13-25-30(23(18)29-21)20-8-6-5-7-19(20)24/h5-8,13-14,16-17H,4,9-12H2,1-3H3,(H,26,31)(H,27,28,29)/t14-,16?,17?/m1/s1. The van der Waals surface area contributed by atoms with E-state index in [1.807, 2.05) is 30.5 Å². The molecule has 2 heterocycles. The van der Waals surface area contributed by atoms with Gasteiger partial charge < -0.3 is 10.6 Å². The lowest BCUT2D eigenvalue weighted by Crippen LogP contribution is -2.39. The molecule has 0 saturated heterocycles. The number of carbonyl (C=O) groups excluding carboxylic acids is 1. The molecule has 0 radical (unpaired) electrons. The van der Waals surface area contributed by atoms with E-state index in [2.05, 4.69) is 29.6 Å². The van der Waals surface area contributed by atoms with E-state index in [0.717, 1.165) is 60.5 Å². The van der Waals surface area contributed by atoms with Crippen molar-refractivity contribution in [3.8, 4) is 5.69 Å². The van der Waals surface area contributed by atoms with E-state index in [1.165, 1.54) is 0 Å². The van der Waals surface area contributed by atoms with Crippen LogP contribution in [0.1, 0.15) is 64.6 Å². The van der Waals surface area contributed by atoms with E-state index in [9.17, 15) is 4.79 Å². The maximum atomic E-state index is 11.3. The topological polar surface area (TPSA) is 84.7 Å². The Balaban J connectivity index is 1.67. The van der Waals surface area contributed by atoms with Gasteiger partial charge in [-0.3, -0.25) is 4.79 Å². The summed E-state index contributed by atoms with van der Waals surface area (Å²) in [6, 6.07) is 8.21. The third kappa shape index (κ3) is 4.66. The second kappa shape index (κ2) is 9.22. The Labute approximate surface area is 187 Å². The molecule has 3 aromatic rings. The molecule has 1 saturated carbocycles. The minimum absolute atomic E-state index is 0.0408. The third-order valence-corrected chi connectivity index (χ3v) is 6.37. The minimum Gasteiger partial charge on any atom is -0.367 e. The first-order valence-corrected chi connectivity index (χ1v) is 11.4. The molecule has 31 heavy (non-hydrogen) atoms. The predicted molar refractivity (Wildman–Crippen MR) is 124 cm³/mol. The first kappa shape index (κ1) is 21.6. The number of para-hydroxylation sites is 1. The van der Waals surface area contributed by atoms with Crippen LogP contribution in [0.3, 0.4) is 0 Å². The molecular formula is C23H29ClN6O. The van der Waals surface area contributed by atoms with E-state index in [0.29, 0.717) is 11.1 Å². The molecule has 0 spiro atoms. The molecule has 2 N–H and O–H groups in total. The zero-order valence-electron chi connectivity index (χ0n) is 18.2. The van der Waals surface area contributed by atoms with Crippen molar-refractivity contribution in [1.29, 1.82) is 0 Å². The van der Waals surface area contributed by atoms with E-state index in [4.69, 9.17) is 21.6 Å². The Morgan fingerprint density at radius 1 is 1.19 bits per heavy atom. The summed E-state index contributed by atoms with van der Waals surface area (Å²) in [4.78, 5) is 21.1. The number of hydrogen-bond acceptors (Lipinski definition) is 5. The van der Waals surface area contributed by atoms with Gasteiger partial charge in [-0.2, -0.15) is 5.10 Å². The average molecular weight is 441 g/mol. The average Bonchev–Trinajstić information content (AvgIpc) is 3.18. The summed E-state index contributed by atoms with van der Waals surface area (Å²) in [5.74, 6) is 1.90. The highest BCUT2D eigenvalue weighted by atomic mass is 35.5. The van der Waals surface area contributed by atoms with Gasteiger partial charge in [-0.15, -0.1) is 0 Å². The second-order valence-electron chi connectivity index (χ2n) is 8.38. The van der Waals surface area contributed by atoms with Crippen LogP contribution in [0.2, 0.25) is 5.02 Å². The number of aromatic nitrogens is 4. The molecule has 164 valence electrons. The van der Waals surface area contributed by atoms with Gasteiger partial charge in [0, 0.05) is 24.9 Å². The summed E-state index contributed by atoms with van der Waals surface area (Å²) in [5, 5.41) is 12.8. The largest absolute Gasteiger partial charge is 0.367 e. The number of hydrogen-bond donors (Lipinski definition) is 2. The molecule has 0 unspecified atom stereocenters. The van der Waals surface area contributed by atoms with Crippen molar-refractivity contribution in [2.45, 2.75) is 70.9 Å². The van der Waals surface area contributed by atoms with Gasteiger partial charge in [-0.1, -0.05) is 37.6 Å². The normalized spacial score (nSPS) is 19.9. The van der Waals surface area contributed by atoms with Crippen LogP contribution in [0.4, 0.5) is 5.82 Å². The van der Waals surface area contributed by atoms with E-state index < -0.39 is 0 Å². The number of benzene rings is 1. The van der Waals surface area contributed by atoms with Gasteiger partial charge in [0.2, 0.25) is 5.91 Å². The van der Waals surface area contributed by atoms with Gasteiger partial charge in [0.25, 0.3) is 0 Å². The molecule has 1 aliphatic rings. The molecule has 0 aliphatic heterocycles. The number of nitrogens with one attached hydrogen (secondary N) is 2. The van der Waals surface area contributed by atoms with Gasteiger partial charge in [0.05, 0.1) is 22.3 Å². The number of nitrogens with zero attached hydrogens (tertiary/aromatic N) is 4. The van der Waals surface area contributed by atoms with Crippen LogP contribution in [0.25, 0.3) is 16.7 Å². The summed E-state index contributed by atoms with van der Waals surface area (Å²) >= 11 is 6.44. The quantitative estimate of drug-likeness (QED) is 0.572. The first-order valence-electron chi connectivity index (χ1n) is 11.0. The Hall–Kier alpha value is -2.67. The van der Waals surface area contributed by atoms with Crippen LogP contribution in [0, 0.1) is 0 Å². The van der Waals surface area contributed by atoms with E-state index in [1.54, 1.807) is 11.6 Å². The molecule has 1 aromatic carbocycles. The zero-order chi connectivity index (χ0) is 22.0. The highest BCUT2D eigenvalue weighted by Crippen LogP contribution is 2.30. The Bertz CT molecular complexity index is 1070. The van der Waals surface area contributed by atoms with Crippen LogP contribution in [0.5, 0.6) is 0 Å². The lowest BCUT2D eigenvalue weighted by molar-refractivity contribution is -0.119. The molecule has 1 amide bonds. The molecule has 1 aliphatic carbocycles. The number of rotatable bonds is 6. The number of anilines is 1. The highest BCUT2D eigenvalue weighted by Gasteiger charge is 2.24. The van der Waals surface area contributed by atoms with Crippen LogP contribution in [-0.4, -0.2) is 37.7 Å². The second-order valence-corrected chi connectivity index (χ2v) is 8.79. The van der Waals surface area contributed by atoms with Crippen molar-refractivity contribution >= 4 is 34.4 Å². The molecule has 7 nitrogen and oxygen atoms in total. The Kier molecular flexibility index (Phi) is 6.41. The zero-order valence-corrected chi connectivity index (χ0v) is 19.0. The molecule has 2 aromatic heterocycles. The fourth-order valence-corrected chi connectivity index (χ4v) is 4.32. The van der Waals surface area contributed by atoms with Crippen LogP contribution < -0.4 is 10.6 Å². The fourth-order valence-electron chi connectivity index (χ4n) is 4.10. The van der Waals surface area contributed by atoms with Crippen molar-refractivity contribution in [3.05, 3.63) is 41.3 Å². The Morgan fingerprint density at radius 2 is 1.90 bits per heavy atom. The lowest BCUT2D eigenvalue weighted by Gasteiger charge is -2.30. The minimum atomic E-state index is 0.0408. The van der Waals surface area contributed by atoms with Crippen molar-refractivity contribution in [3.63, 3.8) is 0 Å². The Morgan fingerprint density at radius 3 is 2.58 bits per heavy atom. The van der Waals surface area contributed by atoms with Crippen LogP contribution in [0.15, 0.2) is 30.5 Å². The van der Waals surface area contributed by atoms with Crippen LogP contribution >= 0.6 is 11.6 Å². The maximum Gasteiger partial charge on any atom is 0.217 e. The fraction of sp³-hybridized carbons (Fsp3) is 0.478. The summed E-state index contributed by atoms with van der Waals surface area (Å²) in [5.41, 5.74) is 1.56. The maximum absolute atomic E-state index is 11.3. The lowest BCUT2D eigenvalue weighted by atomic mass is 9.91.